The Bertz CT molecular complexity index is 1310. The van der Waals surface area contributed by atoms with Crippen LogP contribution < -0.4 is 0 Å². The zero-order valence-electron chi connectivity index (χ0n) is 42.2. The maximum absolute atomic E-state index is 12.8. The molecule has 0 aromatic heterocycles. The minimum atomic E-state index is -0.801. The van der Waals surface area contributed by atoms with Crippen LogP contribution in [0.4, 0.5) is 0 Å². The van der Waals surface area contributed by atoms with Gasteiger partial charge in [-0.1, -0.05) is 201 Å². The molecule has 6 heteroatoms. The van der Waals surface area contributed by atoms with Gasteiger partial charge in [0.2, 0.25) is 0 Å². The minimum absolute atomic E-state index is 0.0972. The first-order valence-electron chi connectivity index (χ1n) is 26.7. The molecule has 1 atom stereocenters. The first-order valence-corrected chi connectivity index (χ1v) is 26.7. The summed E-state index contributed by atoms with van der Waals surface area (Å²) in [6.07, 6.45) is 69.6. The fourth-order valence-electron chi connectivity index (χ4n) is 7.09. The number of unbranched alkanes of at least 4 members (excludes halogenated alkanes) is 20. The van der Waals surface area contributed by atoms with Crippen molar-refractivity contribution in [3.05, 3.63) is 97.2 Å². The van der Waals surface area contributed by atoms with E-state index in [2.05, 4.69) is 118 Å². The molecule has 0 spiro atoms. The number of hydrogen-bond acceptors (Lipinski definition) is 6. The summed E-state index contributed by atoms with van der Waals surface area (Å²) in [6.45, 7) is 6.34. The van der Waals surface area contributed by atoms with Crippen LogP contribution in [-0.4, -0.2) is 37.2 Å². The maximum atomic E-state index is 12.8. The average molecular weight is 903 g/mol. The van der Waals surface area contributed by atoms with Crippen LogP contribution >= 0.6 is 0 Å². The van der Waals surface area contributed by atoms with E-state index in [4.69, 9.17) is 14.2 Å². The van der Waals surface area contributed by atoms with Crippen molar-refractivity contribution in [1.29, 1.82) is 0 Å². The number of allylic oxidation sites excluding steroid dienone is 16. The molecular weight excluding hydrogens is 805 g/mol. The molecule has 0 radical (unpaired) electrons. The van der Waals surface area contributed by atoms with E-state index in [9.17, 15) is 14.4 Å². The molecule has 0 amide bonds. The third-order valence-electron chi connectivity index (χ3n) is 11.1. The molecule has 0 bridgehead atoms. The van der Waals surface area contributed by atoms with Crippen molar-refractivity contribution in [3.63, 3.8) is 0 Å². The second kappa shape index (κ2) is 52.9. The van der Waals surface area contributed by atoms with Crippen molar-refractivity contribution in [2.24, 2.45) is 0 Å². The Labute approximate surface area is 400 Å². The molecule has 0 aliphatic rings. The second-order valence-corrected chi connectivity index (χ2v) is 17.4. The summed E-state index contributed by atoms with van der Waals surface area (Å²) >= 11 is 0. The molecule has 0 aromatic carbocycles. The summed E-state index contributed by atoms with van der Waals surface area (Å²) in [5.74, 6) is -0.950. The lowest BCUT2D eigenvalue weighted by molar-refractivity contribution is -0.167. The first kappa shape index (κ1) is 61.3. The molecule has 0 saturated carbocycles. The summed E-state index contributed by atoms with van der Waals surface area (Å²) in [6, 6.07) is 0. The fourth-order valence-corrected chi connectivity index (χ4v) is 7.09. The van der Waals surface area contributed by atoms with Crippen molar-refractivity contribution in [2.75, 3.05) is 13.2 Å². The smallest absolute Gasteiger partial charge is 0.306 e. The van der Waals surface area contributed by atoms with Crippen molar-refractivity contribution < 1.29 is 28.6 Å². The van der Waals surface area contributed by atoms with E-state index in [-0.39, 0.29) is 31.1 Å². The highest BCUT2D eigenvalue weighted by Crippen LogP contribution is 2.14. The molecular formula is C59H98O6. The van der Waals surface area contributed by atoms with Gasteiger partial charge in [0.15, 0.2) is 6.10 Å². The Hall–Kier alpha value is -3.67. The molecule has 0 fully saturated rings. The highest BCUT2D eigenvalue weighted by molar-refractivity contribution is 5.71. The molecule has 0 heterocycles. The molecule has 0 N–H and O–H groups in total. The largest absolute Gasteiger partial charge is 0.462 e. The average Bonchev–Trinajstić information content (AvgIpc) is 3.30. The predicted octanol–water partition coefficient (Wildman–Crippen LogP) is 17.8. The van der Waals surface area contributed by atoms with Gasteiger partial charge in [0, 0.05) is 19.3 Å². The molecule has 0 rings (SSSR count). The highest BCUT2D eigenvalue weighted by Gasteiger charge is 2.19. The van der Waals surface area contributed by atoms with Gasteiger partial charge in [0.25, 0.3) is 0 Å². The fraction of sp³-hybridized carbons (Fsp3) is 0.678. The number of carbonyl (C=O) groups is 3. The van der Waals surface area contributed by atoms with Crippen molar-refractivity contribution in [3.8, 4) is 0 Å². The molecule has 6 nitrogen and oxygen atoms in total. The maximum Gasteiger partial charge on any atom is 0.306 e. The van der Waals surface area contributed by atoms with E-state index in [1.54, 1.807) is 0 Å². The van der Waals surface area contributed by atoms with Crippen LogP contribution in [-0.2, 0) is 28.6 Å². The number of rotatable bonds is 47. The minimum Gasteiger partial charge on any atom is -0.462 e. The van der Waals surface area contributed by atoms with Crippen LogP contribution in [0.5, 0.6) is 0 Å². The Morgan fingerprint density at radius 1 is 0.323 bits per heavy atom. The van der Waals surface area contributed by atoms with E-state index in [1.165, 1.54) is 70.6 Å². The van der Waals surface area contributed by atoms with Crippen LogP contribution in [0.15, 0.2) is 97.2 Å². The number of ether oxygens (including phenoxy) is 3. The quantitative estimate of drug-likeness (QED) is 0.0262. The lowest BCUT2D eigenvalue weighted by atomic mass is 10.1. The van der Waals surface area contributed by atoms with Gasteiger partial charge in [-0.25, -0.2) is 0 Å². The van der Waals surface area contributed by atoms with Crippen LogP contribution in [0.25, 0.3) is 0 Å². The third-order valence-corrected chi connectivity index (χ3v) is 11.1. The highest BCUT2D eigenvalue weighted by atomic mass is 16.6. The van der Waals surface area contributed by atoms with E-state index >= 15 is 0 Å². The molecule has 65 heavy (non-hydrogen) atoms. The van der Waals surface area contributed by atoms with Gasteiger partial charge in [-0.2, -0.15) is 0 Å². The van der Waals surface area contributed by atoms with Gasteiger partial charge in [0.1, 0.15) is 13.2 Å². The SMILES string of the molecule is CC/C=C\C/C=C\C/C=C\CCCCCCCC(=O)OC(COC(=O)CCCCC/C=C\C/C=C\C/C=C\CC)COC(=O)CCCCCCCCCCC/C=C\C/C=C\CCCCC. The van der Waals surface area contributed by atoms with Crippen LogP contribution in [0.3, 0.4) is 0 Å². The van der Waals surface area contributed by atoms with Crippen LogP contribution in [0.1, 0.15) is 239 Å². The summed E-state index contributed by atoms with van der Waals surface area (Å²) < 4.78 is 16.8. The first-order chi connectivity index (χ1) is 32.0. The van der Waals surface area contributed by atoms with Gasteiger partial charge < -0.3 is 14.2 Å². The molecule has 0 aromatic rings. The van der Waals surface area contributed by atoms with Gasteiger partial charge in [-0.05, 0) is 116 Å². The zero-order valence-corrected chi connectivity index (χ0v) is 42.2. The number of carbonyl (C=O) groups excluding carboxylic acids is 3. The van der Waals surface area contributed by atoms with E-state index in [0.29, 0.717) is 19.3 Å². The van der Waals surface area contributed by atoms with E-state index in [0.717, 1.165) is 128 Å². The second-order valence-electron chi connectivity index (χ2n) is 17.4. The summed E-state index contributed by atoms with van der Waals surface area (Å²) in [5.41, 5.74) is 0. The molecule has 370 valence electrons. The van der Waals surface area contributed by atoms with Gasteiger partial charge >= 0.3 is 17.9 Å². The number of hydrogen-bond donors (Lipinski definition) is 0. The lowest BCUT2D eigenvalue weighted by Crippen LogP contribution is -2.30. The standard InChI is InChI=1S/C59H98O6/c1-4-7-10-13-16-19-22-25-27-28-29-30-32-34-37-40-43-46-49-52-58(61)64-55-56(54-63-57(60)51-48-45-42-39-36-33-24-21-18-15-12-9-6-3)65-59(62)53-50-47-44-41-38-35-31-26-23-20-17-14-11-8-5-2/h8-9,11-12,16-21,25-27,31,33,36,56H,4-7,10,13-15,22-24,28-30,32,34-35,37-55H2,1-3H3/b11-8-,12-9-,19-16-,20-17-,21-18-,27-25-,31-26-,36-33-. The zero-order chi connectivity index (χ0) is 47.2. The Kier molecular flexibility index (Phi) is 50.0. The number of esters is 3. The third kappa shape index (κ3) is 51.2. The summed E-state index contributed by atoms with van der Waals surface area (Å²) in [7, 11) is 0. The van der Waals surface area contributed by atoms with Crippen molar-refractivity contribution in [1.82, 2.24) is 0 Å². The Morgan fingerprint density at radius 2 is 0.600 bits per heavy atom. The molecule has 0 aliphatic heterocycles. The van der Waals surface area contributed by atoms with Crippen LogP contribution in [0, 0.1) is 0 Å². The van der Waals surface area contributed by atoms with Crippen molar-refractivity contribution >= 4 is 17.9 Å². The van der Waals surface area contributed by atoms with E-state index in [1.807, 2.05) is 0 Å². The summed E-state index contributed by atoms with van der Waals surface area (Å²) in [4.78, 5) is 38.0. The molecule has 0 aliphatic carbocycles. The topological polar surface area (TPSA) is 78.9 Å². The normalized spacial score (nSPS) is 12.8. The molecule has 1 unspecified atom stereocenters. The van der Waals surface area contributed by atoms with E-state index < -0.39 is 6.10 Å². The van der Waals surface area contributed by atoms with Gasteiger partial charge in [0.05, 0.1) is 0 Å². The Morgan fingerprint density at radius 3 is 0.954 bits per heavy atom. The lowest BCUT2D eigenvalue weighted by Gasteiger charge is -2.18. The van der Waals surface area contributed by atoms with Crippen molar-refractivity contribution in [2.45, 2.75) is 245 Å². The summed E-state index contributed by atoms with van der Waals surface area (Å²) in [5, 5.41) is 0. The van der Waals surface area contributed by atoms with Crippen LogP contribution in [0.2, 0.25) is 0 Å². The van der Waals surface area contributed by atoms with Gasteiger partial charge in [-0.15, -0.1) is 0 Å². The molecule has 0 saturated heterocycles. The monoisotopic (exact) mass is 903 g/mol. The Balaban J connectivity index is 4.43. The predicted molar refractivity (Wildman–Crippen MR) is 279 cm³/mol. The van der Waals surface area contributed by atoms with Gasteiger partial charge in [-0.3, -0.25) is 14.4 Å².